The van der Waals surface area contributed by atoms with Crippen molar-refractivity contribution in [2.24, 2.45) is 0 Å². The van der Waals surface area contributed by atoms with Crippen LogP contribution in [0.1, 0.15) is 25.3 Å². The fourth-order valence-corrected chi connectivity index (χ4v) is 1.66. The number of unbranched alkanes of at least 4 members (excludes halogenated alkanes) is 1. The van der Waals surface area contributed by atoms with Crippen LogP contribution in [0.4, 0.5) is 0 Å². The molecule has 2 heterocycles. The molecule has 17 heavy (non-hydrogen) atoms. The van der Waals surface area contributed by atoms with Gasteiger partial charge in [0, 0.05) is 18.0 Å². The average Bonchev–Trinajstić information content (AvgIpc) is 2.74. The number of H-pyrrole nitrogens is 3. The highest BCUT2D eigenvalue weighted by Gasteiger charge is 2.10. The number of aromatic nitrogens is 4. The number of nitrogens with one attached hydrogen (secondary N) is 3. The van der Waals surface area contributed by atoms with Crippen LogP contribution in [-0.4, -0.2) is 20.2 Å². The maximum Gasteiger partial charge on any atom is 0.340 e. The summed E-state index contributed by atoms with van der Waals surface area (Å²) in [7, 11) is 0. The first kappa shape index (κ1) is 11.4. The van der Waals surface area contributed by atoms with Gasteiger partial charge in [-0.25, -0.2) is 9.89 Å². The minimum Gasteiger partial charge on any atom is -0.366 e. The van der Waals surface area contributed by atoms with Crippen LogP contribution in [0, 0.1) is 0 Å². The highest BCUT2D eigenvalue weighted by atomic mass is 16.1. The van der Waals surface area contributed by atoms with Crippen molar-refractivity contribution in [1.82, 2.24) is 20.2 Å². The Hall–Kier alpha value is -2.11. The van der Waals surface area contributed by atoms with Crippen LogP contribution < -0.4 is 11.1 Å². The van der Waals surface area contributed by atoms with E-state index in [1.54, 1.807) is 12.4 Å². The van der Waals surface area contributed by atoms with Crippen molar-refractivity contribution in [2.45, 2.75) is 26.2 Å². The van der Waals surface area contributed by atoms with Crippen LogP contribution in [0.2, 0.25) is 0 Å². The van der Waals surface area contributed by atoms with E-state index in [1.807, 2.05) is 0 Å². The summed E-state index contributed by atoms with van der Waals surface area (Å²) in [5.41, 5.74) is 0.600. The molecule has 0 aromatic carbocycles. The molecule has 0 spiro atoms. The third-order valence-corrected chi connectivity index (χ3v) is 2.58. The van der Waals surface area contributed by atoms with Crippen LogP contribution in [0.15, 0.2) is 22.0 Å². The highest BCUT2D eigenvalue weighted by Crippen LogP contribution is 2.07. The largest absolute Gasteiger partial charge is 0.366 e. The predicted octanol–water partition coefficient (Wildman–Crippen LogP) is 0.796. The Morgan fingerprint density at radius 2 is 2.12 bits per heavy atom. The molecule has 2 rings (SSSR count). The first-order valence-electron chi connectivity index (χ1n) is 5.57. The quantitative estimate of drug-likeness (QED) is 0.730. The number of aromatic amines is 3. The fourth-order valence-electron chi connectivity index (χ4n) is 1.66. The molecule has 0 aliphatic rings. The van der Waals surface area contributed by atoms with Crippen LogP contribution >= 0.6 is 0 Å². The molecule has 6 nitrogen and oxygen atoms in total. The minimum absolute atomic E-state index is 0.0834. The topological polar surface area (TPSA) is 94.4 Å². The Labute approximate surface area is 97.1 Å². The Morgan fingerprint density at radius 3 is 2.76 bits per heavy atom. The summed E-state index contributed by atoms with van der Waals surface area (Å²) in [6.45, 7) is 2.07. The van der Waals surface area contributed by atoms with E-state index in [0.29, 0.717) is 11.1 Å². The second-order valence-electron chi connectivity index (χ2n) is 3.85. The third kappa shape index (κ3) is 2.35. The summed E-state index contributed by atoms with van der Waals surface area (Å²) in [5, 5.41) is 6.00. The summed E-state index contributed by atoms with van der Waals surface area (Å²) < 4.78 is 0. The van der Waals surface area contributed by atoms with Crippen LogP contribution in [-0.2, 0) is 6.42 Å². The molecule has 0 saturated carbocycles. The summed E-state index contributed by atoms with van der Waals surface area (Å²) in [6.07, 6.45) is 5.97. The number of pyridine rings is 1. The lowest BCUT2D eigenvalue weighted by molar-refractivity contribution is 0.788. The van der Waals surface area contributed by atoms with Gasteiger partial charge < -0.3 is 4.98 Å². The van der Waals surface area contributed by atoms with Gasteiger partial charge in [0.15, 0.2) is 11.3 Å². The molecule has 0 aliphatic heterocycles. The molecule has 0 amide bonds. The minimum atomic E-state index is -0.418. The van der Waals surface area contributed by atoms with Crippen LogP contribution in [0.25, 0.3) is 11.4 Å². The molecular weight excluding hydrogens is 220 g/mol. The van der Waals surface area contributed by atoms with Gasteiger partial charge in [0.05, 0.1) is 5.56 Å². The van der Waals surface area contributed by atoms with E-state index in [1.165, 1.54) is 0 Å². The van der Waals surface area contributed by atoms with Gasteiger partial charge in [-0.15, -0.1) is 0 Å². The van der Waals surface area contributed by atoms with E-state index >= 15 is 0 Å². The lowest BCUT2D eigenvalue weighted by Gasteiger charge is -2.01. The molecule has 0 bridgehead atoms. The Bertz CT molecular complexity index is 608. The van der Waals surface area contributed by atoms with Gasteiger partial charge in [0.25, 0.3) is 0 Å². The van der Waals surface area contributed by atoms with Crippen molar-refractivity contribution in [3.63, 3.8) is 0 Å². The SMILES string of the molecule is CCCCc1c[nH]cc(-c2n[nH]c(=O)[nH]2)c1=O. The number of hydrogen-bond donors (Lipinski definition) is 3. The average molecular weight is 234 g/mol. The number of rotatable bonds is 4. The van der Waals surface area contributed by atoms with Gasteiger partial charge in [-0.05, 0) is 12.8 Å². The molecule has 0 fully saturated rings. The second kappa shape index (κ2) is 4.82. The zero-order valence-corrected chi connectivity index (χ0v) is 9.54. The monoisotopic (exact) mass is 234 g/mol. The molecule has 0 aliphatic carbocycles. The van der Waals surface area contributed by atoms with Crippen molar-refractivity contribution in [3.05, 3.63) is 38.7 Å². The first-order valence-corrected chi connectivity index (χ1v) is 5.57. The van der Waals surface area contributed by atoms with Crippen LogP contribution in [0.5, 0.6) is 0 Å². The van der Waals surface area contributed by atoms with Crippen molar-refractivity contribution in [1.29, 1.82) is 0 Å². The van der Waals surface area contributed by atoms with Crippen LogP contribution in [0.3, 0.4) is 0 Å². The predicted molar refractivity (Wildman–Crippen MR) is 63.9 cm³/mol. The maximum absolute atomic E-state index is 12.1. The van der Waals surface area contributed by atoms with Crippen molar-refractivity contribution in [2.75, 3.05) is 0 Å². The van der Waals surface area contributed by atoms with E-state index in [9.17, 15) is 9.59 Å². The Morgan fingerprint density at radius 1 is 1.29 bits per heavy atom. The fraction of sp³-hybridized carbons (Fsp3) is 0.364. The summed E-state index contributed by atoms with van der Waals surface area (Å²) in [4.78, 5) is 28.4. The van der Waals surface area contributed by atoms with E-state index < -0.39 is 5.69 Å². The van der Waals surface area contributed by atoms with Gasteiger partial charge in [-0.2, -0.15) is 5.10 Å². The Balaban J connectivity index is 2.42. The zero-order valence-electron chi connectivity index (χ0n) is 9.54. The number of aryl methyl sites for hydroxylation is 1. The molecule has 90 valence electrons. The standard InChI is InChI=1S/C11H14N4O2/c1-2-3-4-7-5-12-6-8(9(7)16)10-13-11(17)15-14-10/h5-6H,2-4H2,1H3,(H,12,16)(H2,13,14,15,17). The maximum atomic E-state index is 12.1. The van der Waals surface area contributed by atoms with Crippen molar-refractivity contribution >= 4 is 0 Å². The highest BCUT2D eigenvalue weighted by molar-refractivity contribution is 5.53. The normalized spacial score (nSPS) is 10.6. The van der Waals surface area contributed by atoms with Crippen molar-refractivity contribution in [3.8, 4) is 11.4 Å². The molecule has 0 radical (unpaired) electrons. The van der Waals surface area contributed by atoms with E-state index in [-0.39, 0.29) is 11.3 Å². The summed E-state index contributed by atoms with van der Waals surface area (Å²) in [5.74, 6) is 0.273. The second-order valence-corrected chi connectivity index (χ2v) is 3.85. The van der Waals surface area contributed by atoms with Gasteiger partial charge in [-0.3, -0.25) is 9.78 Å². The van der Waals surface area contributed by atoms with E-state index in [4.69, 9.17) is 0 Å². The molecule has 0 saturated heterocycles. The zero-order chi connectivity index (χ0) is 12.3. The molecule has 0 unspecified atom stereocenters. The van der Waals surface area contributed by atoms with Gasteiger partial charge in [0.2, 0.25) is 0 Å². The van der Waals surface area contributed by atoms with E-state index in [0.717, 1.165) is 19.3 Å². The molecule has 2 aromatic rings. The lowest BCUT2D eigenvalue weighted by atomic mass is 10.1. The van der Waals surface area contributed by atoms with Gasteiger partial charge >= 0.3 is 5.69 Å². The molecule has 6 heteroatoms. The smallest absolute Gasteiger partial charge is 0.340 e. The first-order chi connectivity index (χ1) is 8.22. The molecular formula is C11H14N4O2. The van der Waals surface area contributed by atoms with Crippen molar-refractivity contribution < 1.29 is 0 Å². The molecule has 0 atom stereocenters. The number of hydrogen-bond acceptors (Lipinski definition) is 3. The third-order valence-electron chi connectivity index (χ3n) is 2.58. The summed E-state index contributed by atoms with van der Waals surface area (Å²) in [6, 6.07) is 0. The molecule has 2 aromatic heterocycles. The Kier molecular flexibility index (Phi) is 3.22. The van der Waals surface area contributed by atoms with Gasteiger partial charge in [-0.1, -0.05) is 13.3 Å². The van der Waals surface area contributed by atoms with E-state index in [2.05, 4.69) is 27.1 Å². The summed E-state index contributed by atoms with van der Waals surface area (Å²) >= 11 is 0. The molecule has 3 N–H and O–H groups in total. The number of nitrogens with zero attached hydrogens (tertiary/aromatic N) is 1. The lowest BCUT2D eigenvalue weighted by Crippen LogP contribution is -2.13. The van der Waals surface area contributed by atoms with Gasteiger partial charge in [0.1, 0.15) is 0 Å².